The van der Waals surface area contributed by atoms with Crippen LogP contribution in [0.25, 0.3) is 10.8 Å². The minimum Gasteiger partial charge on any atom is -0.349 e. The number of nitrogens with zero attached hydrogens (tertiary/aromatic N) is 1. The Morgan fingerprint density at radius 1 is 1.24 bits per heavy atom. The van der Waals surface area contributed by atoms with E-state index in [2.05, 4.69) is 0 Å². The highest BCUT2D eigenvalue weighted by Gasteiger charge is 2.15. The van der Waals surface area contributed by atoms with Gasteiger partial charge in [-0.05, 0) is 18.4 Å². The number of fused-ring (bicyclic) bond motifs is 1. The molecule has 2 rings (SSSR count). The monoisotopic (exact) mass is 230 g/mol. The molecule has 0 aromatic heterocycles. The summed E-state index contributed by atoms with van der Waals surface area (Å²) in [5.74, 6) is 0. The Morgan fingerprint density at radius 3 is 2.65 bits per heavy atom. The molecule has 2 aromatic carbocycles. The number of urea groups is 1. The maximum absolute atomic E-state index is 11.4. The van der Waals surface area contributed by atoms with Crippen LogP contribution in [0.2, 0.25) is 0 Å². The number of carbonyl (C=O) groups is 1. The first-order valence-electron chi connectivity index (χ1n) is 5.44. The van der Waals surface area contributed by atoms with Crippen molar-refractivity contribution in [3.63, 3.8) is 0 Å². The average molecular weight is 230 g/mol. The second kappa shape index (κ2) is 4.84. The number of carbonyl (C=O) groups excluding carboxylic acids is 1. The molecule has 0 bridgehead atoms. The number of benzene rings is 2. The Kier molecular flexibility index (Phi) is 3.25. The number of anilines is 1. The van der Waals surface area contributed by atoms with Crippen molar-refractivity contribution in [1.82, 2.24) is 0 Å². The Hall–Kier alpha value is -2.07. The fraction of sp³-hybridized carbons (Fsp3) is 0.154. The number of hydrogen-bond acceptors (Lipinski definition) is 2. The minimum absolute atomic E-state index is 0.381. The third-order valence-electron chi connectivity index (χ3n) is 2.44. The quantitative estimate of drug-likeness (QED) is 0.824. The molecule has 2 amide bonds. The second-order valence-corrected chi connectivity index (χ2v) is 3.55. The van der Waals surface area contributed by atoms with E-state index < -0.39 is 6.03 Å². The lowest BCUT2D eigenvalue weighted by molar-refractivity contribution is 0.131. The number of rotatable bonds is 3. The maximum atomic E-state index is 11.4. The fourth-order valence-electron chi connectivity index (χ4n) is 1.77. The van der Waals surface area contributed by atoms with E-state index in [0.29, 0.717) is 12.3 Å². The van der Waals surface area contributed by atoms with Crippen molar-refractivity contribution in [2.24, 2.45) is 5.73 Å². The van der Waals surface area contributed by atoms with E-state index in [1.807, 2.05) is 42.5 Å². The summed E-state index contributed by atoms with van der Waals surface area (Å²) in [6, 6.07) is 12.8. The van der Waals surface area contributed by atoms with Gasteiger partial charge in [-0.25, -0.2) is 4.79 Å². The molecule has 0 saturated heterocycles. The highest BCUT2D eigenvalue weighted by molar-refractivity contribution is 6.01. The molecule has 2 N–H and O–H groups in total. The zero-order valence-corrected chi connectivity index (χ0v) is 9.59. The van der Waals surface area contributed by atoms with Gasteiger partial charge in [0.25, 0.3) is 0 Å². The lowest BCUT2D eigenvalue weighted by Crippen LogP contribution is -2.35. The Morgan fingerprint density at radius 2 is 1.94 bits per heavy atom. The summed E-state index contributed by atoms with van der Waals surface area (Å²) < 4.78 is 0. The van der Waals surface area contributed by atoms with Gasteiger partial charge in [0.1, 0.15) is 0 Å². The van der Waals surface area contributed by atoms with Crippen LogP contribution in [0.1, 0.15) is 6.92 Å². The smallest absolute Gasteiger partial charge is 0.343 e. The molecule has 0 heterocycles. The Bertz CT molecular complexity index is 534. The molecule has 0 unspecified atom stereocenters. The molecule has 0 aliphatic heterocycles. The highest BCUT2D eigenvalue weighted by Crippen LogP contribution is 2.26. The molecular formula is C13H14N2O2. The topological polar surface area (TPSA) is 55.6 Å². The van der Waals surface area contributed by atoms with Crippen LogP contribution in [-0.2, 0) is 4.84 Å². The van der Waals surface area contributed by atoms with E-state index in [0.717, 1.165) is 15.8 Å². The summed E-state index contributed by atoms with van der Waals surface area (Å²) in [4.78, 5) is 16.6. The number of hydroxylamine groups is 1. The first-order chi connectivity index (χ1) is 8.24. The normalized spacial score (nSPS) is 10.4. The average Bonchev–Trinajstić information content (AvgIpc) is 2.35. The molecule has 4 nitrogen and oxygen atoms in total. The second-order valence-electron chi connectivity index (χ2n) is 3.55. The van der Waals surface area contributed by atoms with Crippen molar-refractivity contribution >= 4 is 22.5 Å². The number of primary amides is 1. The van der Waals surface area contributed by atoms with E-state index in [1.54, 1.807) is 6.92 Å². The van der Waals surface area contributed by atoms with Crippen molar-refractivity contribution in [2.75, 3.05) is 11.7 Å². The first-order valence-corrected chi connectivity index (χ1v) is 5.44. The van der Waals surface area contributed by atoms with Gasteiger partial charge in [0.2, 0.25) is 0 Å². The van der Waals surface area contributed by atoms with Crippen LogP contribution in [0.5, 0.6) is 0 Å². The summed E-state index contributed by atoms with van der Waals surface area (Å²) in [5.41, 5.74) is 5.97. The van der Waals surface area contributed by atoms with Gasteiger partial charge in [-0.1, -0.05) is 36.4 Å². The van der Waals surface area contributed by atoms with E-state index in [9.17, 15) is 4.79 Å². The largest absolute Gasteiger partial charge is 0.349 e. The van der Waals surface area contributed by atoms with Crippen molar-refractivity contribution in [1.29, 1.82) is 0 Å². The van der Waals surface area contributed by atoms with Crippen LogP contribution in [0.3, 0.4) is 0 Å². The van der Waals surface area contributed by atoms with E-state index in [1.165, 1.54) is 0 Å². The van der Waals surface area contributed by atoms with Gasteiger partial charge in [0, 0.05) is 5.39 Å². The van der Waals surface area contributed by atoms with Crippen LogP contribution in [0.4, 0.5) is 10.5 Å². The van der Waals surface area contributed by atoms with Crippen LogP contribution in [-0.4, -0.2) is 12.6 Å². The third-order valence-corrected chi connectivity index (χ3v) is 2.44. The molecule has 0 spiro atoms. The standard InChI is InChI=1S/C13H14N2O2/c1-2-17-15(13(14)16)12-9-5-7-10-6-3-4-8-11(10)12/h3-9H,2H2,1H3,(H2,14,16). The zero-order chi connectivity index (χ0) is 12.3. The van der Waals surface area contributed by atoms with Gasteiger partial charge in [-0.2, -0.15) is 5.06 Å². The third kappa shape index (κ3) is 2.21. The molecule has 17 heavy (non-hydrogen) atoms. The van der Waals surface area contributed by atoms with E-state index in [-0.39, 0.29) is 0 Å². The summed E-state index contributed by atoms with van der Waals surface area (Å²) in [6.45, 7) is 2.19. The lowest BCUT2D eigenvalue weighted by Gasteiger charge is -2.20. The van der Waals surface area contributed by atoms with Gasteiger partial charge >= 0.3 is 6.03 Å². The van der Waals surface area contributed by atoms with Gasteiger partial charge in [-0.15, -0.1) is 0 Å². The van der Waals surface area contributed by atoms with Crippen LogP contribution in [0, 0.1) is 0 Å². The fourth-order valence-corrected chi connectivity index (χ4v) is 1.77. The van der Waals surface area contributed by atoms with Crippen molar-refractivity contribution in [2.45, 2.75) is 6.92 Å². The molecule has 0 aliphatic rings. The molecule has 88 valence electrons. The highest BCUT2D eigenvalue weighted by atomic mass is 16.7. The first kappa shape index (κ1) is 11.4. The van der Waals surface area contributed by atoms with Crippen LogP contribution in [0.15, 0.2) is 42.5 Å². The molecular weight excluding hydrogens is 216 g/mol. The Labute approximate surface area is 99.5 Å². The number of hydrogen-bond donors (Lipinski definition) is 1. The maximum Gasteiger partial charge on any atom is 0.343 e. The van der Waals surface area contributed by atoms with Gasteiger partial charge < -0.3 is 5.73 Å². The molecule has 4 heteroatoms. The van der Waals surface area contributed by atoms with Crippen LogP contribution >= 0.6 is 0 Å². The molecule has 2 aromatic rings. The van der Waals surface area contributed by atoms with Crippen LogP contribution < -0.4 is 10.8 Å². The Balaban J connectivity index is 2.56. The molecule has 0 saturated carbocycles. The molecule has 0 atom stereocenters. The number of amides is 2. The van der Waals surface area contributed by atoms with Crippen molar-refractivity contribution in [3.8, 4) is 0 Å². The van der Waals surface area contributed by atoms with Gasteiger partial charge in [0.15, 0.2) is 0 Å². The molecule has 0 radical (unpaired) electrons. The van der Waals surface area contributed by atoms with E-state index in [4.69, 9.17) is 10.6 Å². The molecule has 0 fully saturated rings. The lowest BCUT2D eigenvalue weighted by atomic mass is 10.1. The molecule has 0 aliphatic carbocycles. The summed E-state index contributed by atoms with van der Waals surface area (Å²) in [7, 11) is 0. The van der Waals surface area contributed by atoms with E-state index >= 15 is 0 Å². The van der Waals surface area contributed by atoms with Gasteiger partial charge in [-0.3, -0.25) is 4.84 Å². The summed E-state index contributed by atoms with van der Waals surface area (Å²) >= 11 is 0. The minimum atomic E-state index is -0.622. The summed E-state index contributed by atoms with van der Waals surface area (Å²) in [5, 5.41) is 3.10. The van der Waals surface area contributed by atoms with Gasteiger partial charge in [0.05, 0.1) is 12.3 Å². The predicted octanol–water partition coefficient (Wildman–Crippen LogP) is 2.68. The van der Waals surface area contributed by atoms with Crippen molar-refractivity contribution < 1.29 is 9.63 Å². The predicted molar refractivity (Wildman–Crippen MR) is 67.6 cm³/mol. The number of nitrogens with two attached hydrogens (primary N) is 1. The summed E-state index contributed by atoms with van der Waals surface area (Å²) in [6.07, 6.45) is 0. The van der Waals surface area contributed by atoms with Crippen molar-refractivity contribution in [3.05, 3.63) is 42.5 Å². The SMILES string of the molecule is CCON(C(N)=O)c1cccc2ccccc12. The zero-order valence-electron chi connectivity index (χ0n) is 9.59.